The van der Waals surface area contributed by atoms with Gasteiger partial charge in [0.1, 0.15) is 0 Å². The average Bonchev–Trinajstić information content (AvgIpc) is 3.30. The fourth-order valence-electron chi connectivity index (χ4n) is 4.07. The molecule has 1 aliphatic rings. The molecule has 0 saturated heterocycles. The lowest BCUT2D eigenvalue weighted by Gasteiger charge is -2.12. The molecule has 0 aliphatic heterocycles. The Labute approximate surface area is 210 Å². The summed E-state index contributed by atoms with van der Waals surface area (Å²) in [5.41, 5.74) is 3.08. The third-order valence-corrected chi connectivity index (χ3v) is 6.11. The van der Waals surface area contributed by atoms with Gasteiger partial charge in [-0.25, -0.2) is 4.79 Å². The molecule has 1 aliphatic carbocycles. The molecule has 0 radical (unpaired) electrons. The van der Waals surface area contributed by atoms with E-state index in [-0.39, 0.29) is 23.9 Å². The summed E-state index contributed by atoms with van der Waals surface area (Å²) in [5.74, 6) is -1.13. The highest BCUT2D eigenvalue weighted by molar-refractivity contribution is 6.31. The van der Waals surface area contributed by atoms with Crippen LogP contribution in [-0.4, -0.2) is 41.3 Å². The van der Waals surface area contributed by atoms with Crippen LogP contribution in [0.2, 0.25) is 5.02 Å². The molecule has 11 heteroatoms. The van der Waals surface area contributed by atoms with E-state index in [0.29, 0.717) is 45.9 Å². The number of fused-ring (bicyclic) bond motifs is 1. The second-order valence-corrected chi connectivity index (χ2v) is 8.55. The molecule has 1 aromatic heterocycles. The molecule has 1 heterocycles. The summed E-state index contributed by atoms with van der Waals surface area (Å²) in [5, 5.41) is 17.0. The molecule has 4 rings (SSSR count). The standard InChI is InChI=1S/C25H21ClN4O6/c1-36-25(33)29-18-6-2-14(3-7-18)22(31)13-28-24(32)19-8-4-15-10-16(12-27-23(15)19)20-11-17(26)5-9-21(20)30(34)35/h2-3,5-7,9-12,19H,4,8,13H2,1H3,(H,28,32)(H,29,33). The number of nitro benzene ring substituents is 1. The molecular formula is C25H21ClN4O6. The zero-order valence-corrected chi connectivity index (χ0v) is 19.9. The van der Waals surface area contributed by atoms with Gasteiger partial charge in [0.15, 0.2) is 5.78 Å². The topological polar surface area (TPSA) is 141 Å². The van der Waals surface area contributed by atoms with E-state index in [9.17, 15) is 24.5 Å². The molecule has 2 amide bonds. The van der Waals surface area contributed by atoms with Crippen molar-refractivity contribution in [3.63, 3.8) is 0 Å². The fraction of sp³-hybridized carbons (Fsp3) is 0.200. The van der Waals surface area contributed by atoms with Crippen molar-refractivity contribution in [3.05, 3.63) is 86.7 Å². The van der Waals surface area contributed by atoms with E-state index in [0.717, 1.165) is 5.56 Å². The number of nitro groups is 1. The van der Waals surface area contributed by atoms with E-state index in [4.69, 9.17) is 11.6 Å². The fourth-order valence-corrected chi connectivity index (χ4v) is 4.25. The van der Waals surface area contributed by atoms with Crippen LogP contribution in [0.4, 0.5) is 16.2 Å². The van der Waals surface area contributed by atoms with Crippen LogP contribution in [0.25, 0.3) is 11.1 Å². The number of halogens is 1. The van der Waals surface area contributed by atoms with Crippen molar-refractivity contribution in [3.8, 4) is 11.1 Å². The molecule has 3 aromatic rings. The lowest BCUT2D eigenvalue weighted by Crippen LogP contribution is -2.33. The monoisotopic (exact) mass is 508 g/mol. The largest absolute Gasteiger partial charge is 0.453 e. The number of hydrogen-bond acceptors (Lipinski definition) is 7. The van der Waals surface area contributed by atoms with Crippen LogP contribution in [0.5, 0.6) is 0 Å². The SMILES string of the molecule is COC(=O)Nc1ccc(C(=O)CNC(=O)C2CCc3cc(-c4cc(Cl)ccc4[N+](=O)[O-])cnc32)cc1. The predicted molar refractivity (Wildman–Crippen MR) is 132 cm³/mol. The third-order valence-electron chi connectivity index (χ3n) is 5.88. The third kappa shape index (κ3) is 5.33. The van der Waals surface area contributed by atoms with Gasteiger partial charge in [0.25, 0.3) is 5.69 Å². The second kappa shape index (κ2) is 10.5. The Bertz CT molecular complexity index is 1360. The number of ether oxygens (including phenoxy) is 1. The number of methoxy groups -OCH3 is 1. The van der Waals surface area contributed by atoms with E-state index in [1.165, 1.54) is 31.5 Å². The lowest BCUT2D eigenvalue weighted by molar-refractivity contribution is -0.384. The summed E-state index contributed by atoms with van der Waals surface area (Å²) in [6, 6.07) is 12.3. The molecule has 10 nitrogen and oxygen atoms in total. The number of aryl methyl sites for hydroxylation is 1. The first-order valence-electron chi connectivity index (χ1n) is 11.0. The second-order valence-electron chi connectivity index (χ2n) is 8.11. The Morgan fingerprint density at radius 1 is 1.17 bits per heavy atom. The Morgan fingerprint density at radius 3 is 2.61 bits per heavy atom. The molecule has 36 heavy (non-hydrogen) atoms. The number of Topliss-reactive ketones (excluding diaryl/α,β-unsaturated/α-hetero) is 1. The first-order valence-corrected chi connectivity index (χ1v) is 11.3. The summed E-state index contributed by atoms with van der Waals surface area (Å²) in [7, 11) is 1.25. The molecule has 1 atom stereocenters. The van der Waals surface area contributed by atoms with Gasteiger partial charge in [0, 0.05) is 34.1 Å². The van der Waals surface area contributed by atoms with Crippen molar-refractivity contribution in [2.45, 2.75) is 18.8 Å². The maximum Gasteiger partial charge on any atom is 0.411 e. The minimum absolute atomic E-state index is 0.0823. The van der Waals surface area contributed by atoms with Crippen molar-refractivity contribution in [1.82, 2.24) is 10.3 Å². The van der Waals surface area contributed by atoms with Gasteiger partial charge in [-0.2, -0.15) is 0 Å². The van der Waals surface area contributed by atoms with Crippen molar-refractivity contribution < 1.29 is 24.0 Å². The van der Waals surface area contributed by atoms with Gasteiger partial charge >= 0.3 is 6.09 Å². The number of pyridine rings is 1. The number of carbonyl (C=O) groups excluding carboxylic acids is 3. The predicted octanol–water partition coefficient (Wildman–Crippen LogP) is 4.52. The summed E-state index contributed by atoms with van der Waals surface area (Å²) in [6.45, 7) is -0.193. The summed E-state index contributed by atoms with van der Waals surface area (Å²) in [6.07, 6.45) is 1.96. The number of benzene rings is 2. The van der Waals surface area contributed by atoms with Gasteiger partial charge in [0.2, 0.25) is 5.91 Å². The number of nitrogens with one attached hydrogen (secondary N) is 2. The maximum absolute atomic E-state index is 12.8. The van der Waals surface area contributed by atoms with Crippen molar-refractivity contribution >= 4 is 40.8 Å². The minimum Gasteiger partial charge on any atom is -0.453 e. The Balaban J connectivity index is 1.42. The number of carbonyl (C=O) groups is 3. The van der Waals surface area contributed by atoms with Gasteiger partial charge in [-0.3, -0.25) is 30.0 Å². The number of ketones is 1. The zero-order valence-electron chi connectivity index (χ0n) is 19.1. The first kappa shape index (κ1) is 24.8. The van der Waals surface area contributed by atoms with Crippen LogP contribution >= 0.6 is 11.6 Å². The van der Waals surface area contributed by atoms with Crippen LogP contribution < -0.4 is 10.6 Å². The minimum atomic E-state index is -0.621. The molecule has 184 valence electrons. The van der Waals surface area contributed by atoms with Crippen LogP contribution in [-0.2, 0) is 16.0 Å². The van der Waals surface area contributed by atoms with E-state index < -0.39 is 16.9 Å². The number of rotatable bonds is 7. The first-order chi connectivity index (χ1) is 17.3. The lowest BCUT2D eigenvalue weighted by atomic mass is 10.0. The van der Waals surface area contributed by atoms with E-state index in [2.05, 4.69) is 20.4 Å². The van der Waals surface area contributed by atoms with Gasteiger partial charge in [-0.15, -0.1) is 0 Å². The van der Waals surface area contributed by atoms with Crippen LogP contribution in [0.1, 0.15) is 34.0 Å². The number of anilines is 1. The Hall–Kier alpha value is -4.31. The quantitative estimate of drug-likeness (QED) is 0.271. The van der Waals surface area contributed by atoms with Crippen LogP contribution in [0.3, 0.4) is 0 Å². The van der Waals surface area contributed by atoms with Crippen molar-refractivity contribution in [1.29, 1.82) is 0 Å². The van der Waals surface area contributed by atoms with Crippen molar-refractivity contribution in [2.24, 2.45) is 0 Å². The molecule has 2 aromatic carbocycles. The molecule has 0 saturated carbocycles. The van der Waals surface area contributed by atoms with E-state index >= 15 is 0 Å². The summed E-state index contributed by atoms with van der Waals surface area (Å²) in [4.78, 5) is 52.0. The number of nitrogens with zero attached hydrogens (tertiary/aromatic N) is 2. The van der Waals surface area contributed by atoms with Gasteiger partial charge in [-0.1, -0.05) is 11.6 Å². The molecule has 0 spiro atoms. The molecule has 0 fully saturated rings. The van der Waals surface area contributed by atoms with Crippen LogP contribution in [0.15, 0.2) is 54.7 Å². The average molecular weight is 509 g/mol. The molecular weight excluding hydrogens is 488 g/mol. The zero-order chi connectivity index (χ0) is 25.8. The highest BCUT2D eigenvalue weighted by atomic mass is 35.5. The van der Waals surface area contributed by atoms with Gasteiger partial charge in [0.05, 0.1) is 35.8 Å². The molecule has 0 bridgehead atoms. The maximum atomic E-state index is 12.8. The van der Waals surface area contributed by atoms with Gasteiger partial charge < -0.3 is 10.1 Å². The highest BCUT2D eigenvalue weighted by Crippen LogP contribution is 2.37. The van der Waals surface area contributed by atoms with Crippen molar-refractivity contribution in [2.75, 3.05) is 19.0 Å². The smallest absolute Gasteiger partial charge is 0.411 e. The van der Waals surface area contributed by atoms with E-state index in [1.54, 1.807) is 30.3 Å². The Kier molecular flexibility index (Phi) is 7.25. The number of hydrogen-bond donors (Lipinski definition) is 2. The van der Waals surface area contributed by atoms with E-state index in [1.807, 2.05) is 0 Å². The number of aromatic nitrogens is 1. The summed E-state index contributed by atoms with van der Waals surface area (Å²) < 4.78 is 4.52. The molecule has 1 unspecified atom stereocenters. The number of amides is 2. The molecule has 2 N–H and O–H groups in total. The normalized spacial score (nSPS) is 14.0. The summed E-state index contributed by atoms with van der Waals surface area (Å²) >= 11 is 6.05. The Morgan fingerprint density at radius 2 is 1.92 bits per heavy atom. The highest BCUT2D eigenvalue weighted by Gasteiger charge is 2.31. The van der Waals surface area contributed by atoms with Gasteiger partial charge in [-0.05, 0) is 60.9 Å². The van der Waals surface area contributed by atoms with Crippen LogP contribution in [0, 0.1) is 10.1 Å².